The average molecular weight is 548 g/mol. The van der Waals surface area contributed by atoms with Crippen molar-refractivity contribution in [1.29, 1.82) is 0 Å². The van der Waals surface area contributed by atoms with Crippen molar-refractivity contribution in [2.45, 2.75) is 106 Å². The van der Waals surface area contributed by atoms with E-state index < -0.39 is 35.7 Å². The third-order valence-corrected chi connectivity index (χ3v) is 5.94. The van der Waals surface area contributed by atoms with E-state index in [1.807, 2.05) is 45.9 Å². The minimum absolute atomic E-state index is 0.0255. The summed E-state index contributed by atoms with van der Waals surface area (Å²) in [5, 5.41) is 5.57. The lowest BCUT2D eigenvalue weighted by Gasteiger charge is -2.36. The maximum atomic E-state index is 14.1. The number of rotatable bonds is 14. The largest absolute Gasteiger partial charge is 0.466 e. The van der Waals surface area contributed by atoms with Gasteiger partial charge in [-0.1, -0.05) is 62.9 Å². The molecule has 2 atom stereocenters. The van der Waals surface area contributed by atoms with Crippen LogP contribution < -0.4 is 10.6 Å². The molecule has 0 radical (unpaired) electrons. The second-order valence-corrected chi connectivity index (χ2v) is 11.3. The highest BCUT2D eigenvalue weighted by molar-refractivity contribution is 5.92. The van der Waals surface area contributed by atoms with Crippen LogP contribution in [0, 0.1) is 19.8 Å². The van der Waals surface area contributed by atoms with Crippen LogP contribution in [0.4, 0.5) is 4.79 Å². The molecule has 1 aromatic rings. The molecule has 9 heteroatoms. The first-order valence-corrected chi connectivity index (χ1v) is 14.0. The van der Waals surface area contributed by atoms with E-state index in [-0.39, 0.29) is 31.4 Å². The van der Waals surface area contributed by atoms with Crippen molar-refractivity contribution in [3.63, 3.8) is 0 Å². The van der Waals surface area contributed by atoms with Crippen molar-refractivity contribution in [2.24, 2.45) is 5.92 Å². The third kappa shape index (κ3) is 12.1. The molecule has 0 aromatic heterocycles. The maximum Gasteiger partial charge on any atom is 0.408 e. The second kappa shape index (κ2) is 16.1. The minimum atomic E-state index is -0.947. The Labute approximate surface area is 234 Å². The topological polar surface area (TPSA) is 114 Å². The number of nitrogens with one attached hydrogen (secondary N) is 2. The Balaban J connectivity index is 3.46. The van der Waals surface area contributed by atoms with Crippen LogP contribution in [-0.2, 0) is 23.9 Å². The molecule has 39 heavy (non-hydrogen) atoms. The Morgan fingerprint density at radius 2 is 1.59 bits per heavy atom. The molecule has 2 N–H and O–H groups in total. The number of carbonyl (C=O) groups is 4. The fourth-order valence-electron chi connectivity index (χ4n) is 4.28. The maximum absolute atomic E-state index is 14.1. The van der Waals surface area contributed by atoms with Crippen molar-refractivity contribution in [3.8, 4) is 0 Å². The molecule has 0 aliphatic heterocycles. The van der Waals surface area contributed by atoms with Gasteiger partial charge in [0.05, 0.1) is 13.0 Å². The summed E-state index contributed by atoms with van der Waals surface area (Å²) >= 11 is 0. The molecule has 0 saturated carbocycles. The van der Waals surface area contributed by atoms with Gasteiger partial charge < -0.3 is 25.0 Å². The van der Waals surface area contributed by atoms with Gasteiger partial charge in [0.2, 0.25) is 11.8 Å². The molecule has 0 fully saturated rings. The van der Waals surface area contributed by atoms with E-state index >= 15 is 0 Å². The number of alkyl carbamates (subject to hydrolysis) is 1. The van der Waals surface area contributed by atoms with Gasteiger partial charge in [0, 0.05) is 13.1 Å². The van der Waals surface area contributed by atoms with Crippen LogP contribution in [0.5, 0.6) is 0 Å². The summed E-state index contributed by atoms with van der Waals surface area (Å²) in [5.74, 6) is -1.42. The number of ether oxygens (including phenoxy) is 2. The van der Waals surface area contributed by atoms with Crippen LogP contribution in [0.15, 0.2) is 18.2 Å². The molecule has 0 spiro atoms. The van der Waals surface area contributed by atoms with Crippen LogP contribution in [-0.4, -0.2) is 60.1 Å². The molecule has 1 aromatic carbocycles. The molecular weight excluding hydrogens is 498 g/mol. The zero-order valence-corrected chi connectivity index (χ0v) is 25.3. The molecule has 0 saturated heterocycles. The smallest absolute Gasteiger partial charge is 0.408 e. The van der Waals surface area contributed by atoms with Gasteiger partial charge in [0.1, 0.15) is 17.7 Å². The molecule has 2 unspecified atom stereocenters. The summed E-state index contributed by atoms with van der Waals surface area (Å²) in [7, 11) is 0. The number of benzene rings is 1. The molecule has 220 valence electrons. The van der Waals surface area contributed by atoms with Crippen LogP contribution in [0.3, 0.4) is 0 Å². The Kier molecular flexibility index (Phi) is 14.0. The average Bonchev–Trinajstić information content (AvgIpc) is 2.79. The lowest BCUT2D eigenvalue weighted by Crippen LogP contribution is -2.55. The van der Waals surface area contributed by atoms with E-state index in [0.29, 0.717) is 18.5 Å². The Hall–Kier alpha value is -3.10. The van der Waals surface area contributed by atoms with E-state index in [2.05, 4.69) is 17.6 Å². The highest BCUT2D eigenvalue weighted by Gasteiger charge is 2.37. The highest BCUT2D eigenvalue weighted by atomic mass is 16.6. The summed E-state index contributed by atoms with van der Waals surface area (Å²) in [6, 6.07) is 3.95. The van der Waals surface area contributed by atoms with Crippen LogP contribution in [0.1, 0.15) is 96.9 Å². The summed E-state index contributed by atoms with van der Waals surface area (Å²) in [6.07, 6.45) is 1.84. The first-order chi connectivity index (χ1) is 18.2. The van der Waals surface area contributed by atoms with Gasteiger partial charge in [-0.25, -0.2) is 4.79 Å². The Morgan fingerprint density at radius 3 is 2.10 bits per heavy atom. The lowest BCUT2D eigenvalue weighted by molar-refractivity contribution is -0.144. The number of carbonyl (C=O) groups excluding carboxylic acids is 4. The second-order valence-electron chi connectivity index (χ2n) is 11.3. The van der Waals surface area contributed by atoms with Crippen LogP contribution in [0.25, 0.3) is 0 Å². The molecule has 0 bridgehead atoms. The Bertz CT molecular complexity index is 950. The van der Waals surface area contributed by atoms with E-state index in [0.717, 1.165) is 24.0 Å². The van der Waals surface area contributed by atoms with Gasteiger partial charge in [-0.15, -0.1) is 0 Å². The van der Waals surface area contributed by atoms with Gasteiger partial charge >= 0.3 is 12.1 Å². The molecule has 3 amide bonds. The van der Waals surface area contributed by atoms with E-state index in [4.69, 9.17) is 9.47 Å². The van der Waals surface area contributed by atoms with E-state index in [1.165, 1.54) is 0 Å². The fraction of sp³-hybridized carbons (Fsp3) is 0.667. The number of amides is 3. The van der Waals surface area contributed by atoms with Crippen molar-refractivity contribution in [3.05, 3.63) is 34.9 Å². The third-order valence-electron chi connectivity index (χ3n) is 5.94. The molecule has 0 aliphatic carbocycles. The quantitative estimate of drug-likeness (QED) is 0.251. The summed E-state index contributed by atoms with van der Waals surface area (Å²) in [6.45, 7) is 17.3. The molecule has 1 rings (SSSR count). The number of nitrogens with zero attached hydrogens (tertiary/aromatic N) is 1. The van der Waals surface area contributed by atoms with E-state index in [1.54, 1.807) is 32.6 Å². The molecule has 0 heterocycles. The zero-order chi connectivity index (χ0) is 29.8. The minimum Gasteiger partial charge on any atom is -0.466 e. The molecule has 0 aliphatic rings. The predicted molar refractivity (Wildman–Crippen MR) is 152 cm³/mol. The SMILES string of the molecule is CCCCCN(C(=O)C(NC(=O)OC(C)(C)C)C(C)C)C(C(=O)NCCC(=O)OCC)c1cc(C)cc(C)c1. The van der Waals surface area contributed by atoms with Crippen molar-refractivity contribution < 1.29 is 28.7 Å². The van der Waals surface area contributed by atoms with Crippen LogP contribution >= 0.6 is 0 Å². The lowest BCUT2D eigenvalue weighted by atomic mass is 9.96. The van der Waals surface area contributed by atoms with Crippen molar-refractivity contribution in [1.82, 2.24) is 15.5 Å². The first-order valence-electron chi connectivity index (χ1n) is 14.0. The number of aryl methyl sites for hydroxylation is 2. The molecular formula is C30H49N3O6. The summed E-state index contributed by atoms with van der Waals surface area (Å²) < 4.78 is 10.4. The van der Waals surface area contributed by atoms with Crippen LogP contribution in [0.2, 0.25) is 0 Å². The number of esters is 1. The summed E-state index contributed by atoms with van der Waals surface area (Å²) in [4.78, 5) is 53.9. The normalized spacial score (nSPS) is 12.9. The van der Waals surface area contributed by atoms with Gasteiger partial charge in [-0.2, -0.15) is 0 Å². The van der Waals surface area contributed by atoms with Gasteiger partial charge in [-0.3, -0.25) is 14.4 Å². The fourth-order valence-corrected chi connectivity index (χ4v) is 4.28. The molecule has 9 nitrogen and oxygen atoms in total. The van der Waals surface area contributed by atoms with E-state index in [9.17, 15) is 19.2 Å². The number of unbranched alkanes of at least 4 members (excludes halogenated alkanes) is 2. The van der Waals surface area contributed by atoms with Gasteiger partial charge in [-0.05, 0) is 59.4 Å². The van der Waals surface area contributed by atoms with Gasteiger partial charge in [0.15, 0.2) is 0 Å². The van der Waals surface area contributed by atoms with Gasteiger partial charge in [0.25, 0.3) is 0 Å². The Morgan fingerprint density at radius 1 is 0.974 bits per heavy atom. The zero-order valence-electron chi connectivity index (χ0n) is 25.3. The predicted octanol–water partition coefficient (Wildman–Crippen LogP) is 4.98. The number of hydrogen-bond donors (Lipinski definition) is 2. The highest BCUT2D eigenvalue weighted by Crippen LogP contribution is 2.26. The van der Waals surface area contributed by atoms with Crippen molar-refractivity contribution in [2.75, 3.05) is 19.7 Å². The monoisotopic (exact) mass is 547 g/mol. The first kappa shape index (κ1) is 33.9. The van der Waals surface area contributed by atoms with Crippen molar-refractivity contribution >= 4 is 23.9 Å². The number of hydrogen-bond acceptors (Lipinski definition) is 6. The standard InChI is InChI=1S/C30H49N3O6/c1-10-12-13-16-33(28(36)25(20(3)4)32-29(37)39-30(7,8)9)26(23-18-21(5)17-22(6)19-23)27(35)31-15-14-24(34)38-11-2/h17-20,25-26H,10-16H2,1-9H3,(H,31,35)(H,32,37). The summed E-state index contributed by atoms with van der Waals surface area (Å²) in [5.41, 5.74) is 1.87.